The predicted octanol–water partition coefficient (Wildman–Crippen LogP) is 5.35. The molecular weight excluding hydrogens is 434 g/mol. The second-order valence-corrected chi connectivity index (χ2v) is 10.2. The van der Waals surface area contributed by atoms with Crippen molar-refractivity contribution in [3.8, 4) is 0 Å². The Labute approximate surface area is 200 Å². The lowest BCUT2D eigenvalue weighted by atomic mass is 9.71. The molecule has 7 heteroatoms. The number of ketones is 1. The number of carbonyl (C=O) groups is 3. The molecule has 176 valence electrons. The summed E-state index contributed by atoms with van der Waals surface area (Å²) in [6.45, 7) is 4.21. The molecule has 3 rings (SSSR count). The van der Waals surface area contributed by atoms with E-state index in [0.29, 0.717) is 11.4 Å². The van der Waals surface area contributed by atoms with Gasteiger partial charge in [0.15, 0.2) is 5.78 Å². The van der Waals surface area contributed by atoms with Crippen LogP contribution in [0.2, 0.25) is 0 Å². The van der Waals surface area contributed by atoms with E-state index in [9.17, 15) is 14.4 Å². The summed E-state index contributed by atoms with van der Waals surface area (Å²) in [5.74, 6) is -0.274. The first-order valence-corrected chi connectivity index (χ1v) is 12.6. The third kappa shape index (κ3) is 7.35. The molecule has 1 aliphatic rings. The highest BCUT2D eigenvalue weighted by molar-refractivity contribution is 7.98. The molecule has 0 aromatic heterocycles. The summed E-state index contributed by atoms with van der Waals surface area (Å²) in [6, 6.07) is 16.2. The number of hydrogen-bond acceptors (Lipinski definition) is 4. The van der Waals surface area contributed by atoms with Crippen LogP contribution >= 0.6 is 11.8 Å². The number of urea groups is 1. The van der Waals surface area contributed by atoms with E-state index in [1.165, 1.54) is 4.90 Å². The average Bonchev–Trinajstić information content (AvgIpc) is 2.81. The molecule has 1 aliphatic carbocycles. The predicted molar refractivity (Wildman–Crippen MR) is 135 cm³/mol. The molecule has 1 saturated carbocycles. The van der Waals surface area contributed by atoms with Gasteiger partial charge in [-0.1, -0.05) is 44.5 Å². The van der Waals surface area contributed by atoms with Crippen LogP contribution < -0.4 is 15.5 Å². The Morgan fingerprint density at radius 3 is 2.55 bits per heavy atom. The quantitative estimate of drug-likeness (QED) is 0.513. The molecule has 6 nitrogen and oxygen atoms in total. The summed E-state index contributed by atoms with van der Waals surface area (Å²) in [5, 5.41) is 5.38. The number of thioether (sulfide) groups is 1. The number of Topliss-reactive ketones (excluding diaryl/α,β-unsaturated/α-hetero) is 1. The van der Waals surface area contributed by atoms with Crippen molar-refractivity contribution in [2.45, 2.75) is 44.4 Å². The number of rotatable bonds is 8. The zero-order chi connectivity index (χ0) is 23.8. The fourth-order valence-electron chi connectivity index (χ4n) is 4.32. The molecule has 2 aromatic rings. The summed E-state index contributed by atoms with van der Waals surface area (Å²) in [4.78, 5) is 41.1. The van der Waals surface area contributed by atoms with Crippen molar-refractivity contribution < 1.29 is 14.4 Å². The second-order valence-electron chi connectivity index (χ2n) is 9.28. The van der Waals surface area contributed by atoms with Crippen LogP contribution in [0.4, 0.5) is 16.2 Å². The maximum Gasteiger partial charge on any atom is 0.319 e. The van der Waals surface area contributed by atoms with Crippen molar-refractivity contribution in [3.05, 3.63) is 54.6 Å². The van der Waals surface area contributed by atoms with Crippen molar-refractivity contribution in [1.29, 1.82) is 0 Å². The Morgan fingerprint density at radius 1 is 1.09 bits per heavy atom. The van der Waals surface area contributed by atoms with E-state index >= 15 is 0 Å². The van der Waals surface area contributed by atoms with Crippen LogP contribution in [0.5, 0.6) is 0 Å². The molecule has 0 radical (unpaired) electrons. The van der Waals surface area contributed by atoms with E-state index in [1.807, 2.05) is 54.8 Å². The molecule has 0 heterocycles. The lowest BCUT2D eigenvalue weighted by Gasteiger charge is -2.35. The van der Waals surface area contributed by atoms with Gasteiger partial charge in [-0.15, -0.1) is 11.8 Å². The molecule has 1 fully saturated rings. The third-order valence-corrected chi connectivity index (χ3v) is 6.80. The first-order chi connectivity index (χ1) is 15.8. The molecule has 3 amide bonds. The van der Waals surface area contributed by atoms with E-state index in [-0.39, 0.29) is 36.1 Å². The van der Waals surface area contributed by atoms with Crippen LogP contribution in [-0.2, 0) is 9.59 Å². The minimum atomic E-state index is -0.463. The van der Waals surface area contributed by atoms with Crippen LogP contribution in [-0.4, -0.2) is 37.1 Å². The number of carbonyl (C=O) groups excluding carboxylic acids is 3. The van der Waals surface area contributed by atoms with Crippen LogP contribution in [0.1, 0.15) is 39.5 Å². The van der Waals surface area contributed by atoms with Gasteiger partial charge < -0.3 is 15.5 Å². The van der Waals surface area contributed by atoms with E-state index in [4.69, 9.17) is 0 Å². The number of nitrogens with one attached hydrogen (secondary N) is 2. The van der Waals surface area contributed by atoms with Crippen molar-refractivity contribution in [3.63, 3.8) is 0 Å². The van der Waals surface area contributed by atoms with Gasteiger partial charge in [-0.05, 0) is 61.3 Å². The molecule has 0 aliphatic heterocycles. The Bertz CT molecular complexity index is 978. The Morgan fingerprint density at radius 2 is 1.85 bits per heavy atom. The summed E-state index contributed by atoms with van der Waals surface area (Å²) in [7, 11) is 0. The SMILES string of the molecule is CSc1cccc(NC(=O)NCC(=O)N(CC(=O)C2CCCC(C)(C)C2)c2ccccc2)c1. The number of benzene rings is 2. The van der Waals surface area contributed by atoms with Crippen LogP contribution in [0, 0.1) is 11.3 Å². The maximum atomic E-state index is 13.1. The highest BCUT2D eigenvalue weighted by Crippen LogP contribution is 2.39. The van der Waals surface area contributed by atoms with Crippen LogP contribution in [0.25, 0.3) is 0 Å². The number of nitrogens with zero attached hydrogens (tertiary/aromatic N) is 1. The number of hydrogen-bond donors (Lipinski definition) is 2. The molecule has 1 atom stereocenters. The third-order valence-electron chi connectivity index (χ3n) is 6.07. The Kier molecular flexibility index (Phi) is 8.55. The topological polar surface area (TPSA) is 78.5 Å². The van der Waals surface area contributed by atoms with Gasteiger partial charge >= 0.3 is 6.03 Å². The smallest absolute Gasteiger partial charge is 0.319 e. The number of para-hydroxylation sites is 1. The lowest BCUT2D eigenvalue weighted by molar-refractivity contribution is -0.126. The van der Waals surface area contributed by atoms with Gasteiger partial charge in [0.2, 0.25) is 5.91 Å². The number of anilines is 2. The van der Waals surface area contributed by atoms with Crippen molar-refractivity contribution in [2.24, 2.45) is 11.3 Å². The van der Waals surface area contributed by atoms with Gasteiger partial charge in [0.1, 0.15) is 0 Å². The first-order valence-electron chi connectivity index (χ1n) is 11.3. The second kappa shape index (κ2) is 11.4. The van der Waals surface area contributed by atoms with Crippen molar-refractivity contribution in [2.75, 3.05) is 29.6 Å². The van der Waals surface area contributed by atoms with E-state index in [2.05, 4.69) is 24.5 Å². The summed E-state index contributed by atoms with van der Waals surface area (Å²) in [5.41, 5.74) is 1.45. The average molecular weight is 468 g/mol. The van der Waals surface area contributed by atoms with Gasteiger partial charge in [0.25, 0.3) is 0 Å². The lowest BCUT2D eigenvalue weighted by Crippen LogP contribution is -2.45. The van der Waals surface area contributed by atoms with E-state index in [0.717, 1.165) is 30.6 Å². The fraction of sp³-hybridized carbons (Fsp3) is 0.423. The standard InChI is InChI=1S/C26H33N3O3S/c1-26(2)14-8-9-19(16-26)23(30)18-29(21-11-5-4-6-12-21)24(31)17-27-25(32)28-20-10-7-13-22(15-20)33-3/h4-7,10-13,15,19H,8-9,14,16-18H2,1-3H3,(H2,27,28,32). The monoisotopic (exact) mass is 467 g/mol. The zero-order valence-electron chi connectivity index (χ0n) is 19.6. The Balaban J connectivity index is 1.63. The number of amides is 3. The van der Waals surface area contributed by atoms with Gasteiger partial charge in [-0.3, -0.25) is 9.59 Å². The summed E-state index contributed by atoms with van der Waals surface area (Å²) >= 11 is 1.58. The minimum Gasteiger partial charge on any atom is -0.329 e. The van der Waals surface area contributed by atoms with E-state index in [1.54, 1.807) is 17.8 Å². The van der Waals surface area contributed by atoms with Gasteiger partial charge in [-0.2, -0.15) is 0 Å². The van der Waals surface area contributed by atoms with Crippen LogP contribution in [0.15, 0.2) is 59.5 Å². The molecule has 0 saturated heterocycles. The van der Waals surface area contributed by atoms with Gasteiger partial charge in [0, 0.05) is 22.2 Å². The molecule has 2 aromatic carbocycles. The Hall–Kier alpha value is -2.80. The summed E-state index contributed by atoms with van der Waals surface area (Å²) in [6.07, 6.45) is 5.83. The van der Waals surface area contributed by atoms with Crippen molar-refractivity contribution >= 4 is 40.9 Å². The molecule has 2 N–H and O–H groups in total. The van der Waals surface area contributed by atoms with Crippen LogP contribution in [0.3, 0.4) is 0 Å². The molecular formula is C26H33N3O3S. The molecule has 33 heavy (non-hydrogen) atoms. The zero-order valence-corrected chi connectivity index (χ0v) is 20.4. The largest absolute Gasteiger partial charge is 0.329 e. The highest BCUT2D eigenvalue weighted by atomic mass is 32.2. The van der Waals surface area contributed by atoms with Crippen molar-refractivity contribution in [1.82, 2.24) is 5.32 Å². The van der Waals surface area contributed by atoms with Gasteiger partial charge in [0.05, 0.1) is 13.1 Å². The molecule has 0 bridgehead atoms. The maximum absolute atomic E-state index is 13.1. The van der Waals surface area contributed by atoms with E-state index < -0.39 is 6.03 Å². The first kappa shape index (κ1) is 24.8. The van der Waals surface area contributed by atoms with Gasteiger partial charge in [-0.25, -0.2) is 4.79 Å². The molecule has 1 unspecified atom stereocenters. The fourth-order valence-corrected chi connectivity index (χ4v) is 4.78. The normalized spacial score (nSPS) is 17.1. The highest BCUT2D eigenvalue weighted by Gasteiger charge is 2.33. The molecule has 0 spiro atoms. The summed E-state index contributed by atoms with van der Waals surface area (Å²) < 4.78 is 0. The minimum absolute atomic E-state index is 0.0165.